The zero-order valence-electron chi connectivity index (χ0n) is 28.2. The molecule has 18 nitrogen and oxygen atoms in total. The molecular weight excluding hydrogens is 666 g/mol. The fourth-order valence-electron chi connectivity index (χ4n) is 3.34. The molecule has 4 amide bonds. The predicted molar refractivity (Wildman–Crippen MR) is 170 cm³/mol. The molecule has 276 valence electrons. The highest BCUT2D eigenvalue weighted by Gasteiger charge is 2.25. The third-order valence-electron chi connectivity index (χ3n) is 5.69. The molecule has 0 rings (SSSR count). The number of amides is 4. The van der Waals surface area contributed by atoms with Gasteiger partial charge in [-0.05, 0) is 24.7 Å². The van der Waals surface area contributed by atoms with Crippen LogP contribution >= 0.6 is 15.6 Å². The van der Waals surface area contributed by atoms with E-state index in [9.17, 15) is 38.1 Å². The fourth-order valence-corrected chi connectivity index (χ4v) is 4.87. The smallest absolute Gasteiger partial charge is 0.379 e. The second-order valence-corrected chi connectivity index (χ2v) is 14.3. The number of hydrogen-bond acceptors (Lipinski definition) is 12. The van der Waals surface area contributed by atoms with Crippen molar-refractivity contribution in [2.45, 2.75) is 72.9 Å². The van der Waals surface area contributed by atoms with Crippen molar-refractivity contribution in [2.24, 2.45) is 11.8 Å². The summed E-state index contributed by atoms with van der Waals surface area (Å²) < 4.78 is 54.7. The van der Waals surface area contributed by atoms with Crippen LogP contribution < -0.4 is 21.3 Å². The van der Waals surface area contributed by atoms with Crippen LogP contribution in [0.1, 0.15) is 60.8 Å². The van der Waals surface area contributed by atoms with Crippen LogP contribution in [0.25, 0.3) is 0 Å². The molecule has 0 aliphatic heterocycles. The third kappa shape index (κ3) is 28.7. The lowest BCUT2D eigenvalue weighted by Gasteiger charge is -2.20. The van der Waals surface area contributed by atoms with Gasteiger partial charge < -0.3 is 40.5 Å². The van der Waals surface area contributed by atoms with Crippen LogP contribution in [0.4, 0.5) is 0 Å². The van der Waals surface area contributed by atoms with E-state index in [4.69, 9.17) is 27.6 Å². The van der Waals surface area contributed by atoms with E-state index in [0.717, 1.165) is 12.8 Å². The number of nitrogens with one attached hydrogen (secondary N) is 4. The highest BCUT2D eigenvalue weighted by Crippen LogP contribution is 2.43. The van der Waals surface area contributed by atoms with Crippen molar-refractivity contribution < 1.29 is 65.7 Å². The zero-order valence-corrected chi connectivity index (χ0v) is 30.0. The van der Waals surface area contributed by atoms with Crippen LogP contribution in [0.3, 0.4) is 0 Å². The average molecular weight is 721 g/mol. The van der Waals surface area contributed by atoms with E-state index < -0.39 is 59.2 Å². The molecule has 0 aromatic carbocycles. The van der Waals surface area contributed by atoms with E-state index in [-0.39, 0.29) is 51.3 Å². The summed E-state index contributed by atoms with van der Waals surface area (Å²) in [5.41, 5.74) is 0. The maximum absolute atomic E-state index is 12.2. The molecule has 0 aromatic rings. The Balaban J connectivity index is 4.30. The minimum Gasteiger partial charge on any atom is -0.379 e. The van der Waals surface area contributed by atoms with Gasteiger partial charge >= 0.3 is 15.6 Å². The summed E-state index contributed by atoms with van der Waals surface area (Å²) in [4.78, 5) is 66.6. The third-order valence-corrected chi connectivity index (χ3v) is 7.66. The second-order valence-electron chi connectivity index (χ2n) is 11.4. The Kier molecular flexibility index (Phi) is 24.0. The first-order valence-electron chi connectivity index (χ1n) is 15.4. The summed E-state index contributed by atoms with van der Waals surface area (Å²) >= 11 is 0. The van der Waals surface area contributed by atoms with Gasteiger partial charge in [0.05, 0.1) is 51.7 Å². The number of carbonyl (C=O) groups excluding carboxylic acids is 4. The summed E-state index contributed by atoms with van der Waals surface area (Å²) in [6, 6.07) is -1.37. The van der Waals surface area contributed by atoms with Crippen LogP contribution in [0.2, 0.25) is 0 Å². The van der Waals surface area contributed by atoms with Crippen LogP contribution in [0.15, 0.2) is 0 Å². The van der Waals surface area contributed by atoms with Gasteiger partial charge in [0.15, 0.2) is 0 Å². The van der Waals surface area contributed by atoms with Gasteiger partial charge in [-0.25, -0.2) is 9.13 Å². The molecular formula is C27H54N4O14P2. The standard InChI is InChI=1S/C27H54N4O14P2/c1-20(2)7-11-40-16-24(30-22(5)32)18-44-46(36,37)42-13-9-28-26(34)15-27(35)29-10-14-43-47(38,39)45-19-25(31-23(6)33)17-41-12-8-21(3)4/h20-21,24-25H,7-19H2,1-6H3,(H,28,34)(H,29,35)(H,30,32)(H,31,33)(H,36,37)(H,38,39)/t24-,25-/m1/s1. The monoisotopic (exact) mass is 720 g/mol. The highest BCUT2D eigenvalue weighted by atomic mass is 31.2. The molecule has 6 N–H and O–H groups in total. The van der Waals surface area contributed by atoms with E-state index in [0.29, 0.717) is 25.0 Å². The predicted octanol–water partition coefficient (Wildman–Crippen LogP) is 1.01. The first kappa shape index (κ1) is 45.0. The average Bonchev–Trinajstić information content (AvgIpc) is 2.94. The van der Waals surface area contributed by atoms with Gasteiger partial charge in [0.2, 0.25) is 23.6 Å². The molecule has 2 unspecified atom stereocenters. The van der Waals surface area contributed by atoms with Gasteiger partial charge in [0.1, 0.15) is 6.42 Å². The van der Waals surface area contributed by atoms with Crippen molar-refractivity contribution in [3.63, 3.8) is 0 Å². The Morgan fingerprint density at radius 2 is 0.957 bits per heavy atom. The SMILES string of the molecule is CC(=O)N[C@H](COCCC(C)C)COP(=O)(O)OCCNC(=O)CC(=O)NCCOP(=O)(O)OC[C@@H](COCCC(C)C)NC(C)=O. The van der Waals surface area contributed by atoms with Gasteiger partial charge in [0.25, 0.3) is 0 Å². The van der Waals surface area contributed by atoms with Crippen LogP contribution in [-0.4, -0.2) is 111 Å². The number of phosphoric acid groups is 2. The molecule has 0 fully saturated rings. The molecule has 0 spiro atoms. The summed E-state index contributed by atoms with van der Waals surface area (Å²) in [5.74, 6) is -1.34. The molecule has 0 saturated heterocycles. The lowest BCUT2D eigenvalue weighted by molar-refractivity contribution is -0.129. The topological polar surface area (TPSA) is 246 Å². The first-order valence-corrected chi connectivity index (χ1v) is 18.4. The summed E-state index contributed by atoms with van der Waals surface area (Å²) in [5, 5.41) is 9.79. The maximum Gasteiger partial charge on any atom is 0.472 e. The highest BCUT2D eigenvalue weighted by molar-refractivity contribution is 7.47. The van der Waals surface area contributed by atoms with Crippen molar-refractivity contribution in [1.29, 1.82) is 0 Å². The number of phosphoric ester groups is 2. The molecule has 0 aromatic heterocycles. The quantitative estimate of drug-likeness (QED) is 0.0375. The van der Waals surface area contributed by atoms with E-state index in [1.54, 1.807) is 0 Å². The van der Waals surface area contributed by atoms with E-state index >= 15 is 0 Å². The molecule has 20 heteroatoms. The minimum absolute atomic E-state index is 0.0681. The Labute approximate surface area is 276 Å². The maximum atomic E-state index is 12.2. The van der Waals surface area contributed by atoms with Crippen LogP contribution in [-0.2, 0) is 55.9 Å². The molecule has 4 atom stereocenters. The van der Waals surface area contributed by atoms with E-state index in [2.05, 4.69) is 21.3 Å². The summed E-state index contributed by atoms with van der Waals surface area (Å²) in [6.07, 6.45) is 1.00. The van der Waals surface area contributed by atoms with Gasteiger partial charge in [-0.1, -0.05) is 27.7 Å². The van der Waals surface area contributed by atoms with Crippen molar-refractivity contribution in [2.75, 3.05) is 65.9 Å². The summed E-state index contributed by atoms with van der Waals surface area (Å²) in [7, 11) is -9.04. The van der Waals surface area contributed by atoms with Gasteiger partial charge in [0, 0.05) is 40.2 Å². The van der Waals surface area contributed by atoms with Crippen LogP contribution in [0, 0.1) is 11.8 Å². The van der Waals surface area contributed by atoms with Crippen molar-refractivity contribution >= 4 is 39.3 Å². The van der Waals surface area contributed by atoms with Crippen LogP contribution in [0.5, 0.6) is 0 Å². The largest absolute Gasteiger partial charge is 0.472 e. The molecule has 0 saturated carbocycles. The molecule has 0 aliphatic rings. The molecule has 0 bridgehead atoms. The lowest BCUT2D eigenvalue weighted by atomic mass is 10.1. The van der Waals surface area contributed by atoms with Crippen molar-refractivity contribution in [3.8, 4) is 0 Å². The number of ether oxygens (including phenoxy) is 2. The summed E-state index contributed by atoms with van der Waals surface area (Å²) in [6.45, 7) is 9.77. The first-order chi connectivity index (χ1) is 21.9. The zero-order chi connectivity index (χ0) is 35.9. The number of hydrogen-bond donors (Lipinski definition) is 6. The minimum atomic E-state index is -4.52. The van der Waals surface area contributed by atoms with E-state index in [1.807, 2.05) is 27.7 Å². The fraction of sp³-hybridized carbons (Fsp3) is 0.852. The molecule has 0 radical (unpaired) electrons. The van der Waals surface area contributed by atoms with Crippen molar-refractivity contribution in [1.82, 2.24) is 21.3 Å². The number of carbonyl (C=O) groups is 4. The van der Waals surface area contributed by atoms with Gasteiger partial charge in [-0.2, -0.15) is 0 Å². The Morgan fingerprint density at radius 1 is 0.596 bits per heavy atom. The van der Waals surface area contributed by atoms with Gasteiger partial charge in [-0.15, -0.1) is 0 Å². The van der Waals surface area contributed by atoms with Crippen molar-refractivity contribution in [3.05, 3.63) is 0 Å². The Hall–Kier alpha value is -1.98. The number of rotatable bonds is 28. The molecule has 47 heavy (non-hydrogen) atoms. The van der Waals surface area contributed by atoms with E-state index in [1.165, 1.54) is 13.8 Å². The lowest BCUT2D eigenvalue weighted by Crippen LogP contribution is -2.40. The Bertz CT molecular complexity index is 955. The second kappa shape index (κ2) is 25.1. The molecule has 0 heterocycles. The normalized spacial score (nSPS) is 15.4. The van der Waals surface area contributed by atoms with Gasteiger partial charge in [-0.3, -0.25) is 37.3 Å². The molecule has 0 aliphatic carbocycles. The Morgan fingerprint density at radius 3 is 1.28 bits per heavy atom.